The summed E-state index contributed by atoms with van der Waals surface area (Å²) in [6.45, 7) is 4.23. The zero-order chi connectivity index (χ0) is 14.9. The van der Waals surface area contributed by atoms with E-state index in [1.54, 1.807) is 0 Å². The van der Waals surface area contributed by atoms with E-state index >= 15 is 0 Å². The number of carbonyl (C=O) groups excluding carboxylic acids is 1. The Morgan fingerprint density at radius 1 is 0.850 bits per heavy atom. The first-order chi connectivity index (χ1) is 9.77. The van der Waals surface area contributed by atoms with Gasteiger partial charge in [0, 0.05) is 6.92 Å². The van der Waals surface area contributed by atoms with Gasteiger partial charge in [0.15, 0.2) is 0 Å². The number of hydrogen-bond donors (Lipinski definition) is 0. The van der Waals surface area contributed by atoms with Gasteiger partial charge in [-0.05, 0) is 25.7 Å². The Balaban J connectivity index is 3.20. The SMILES string of the molecule is CCCCCCCCC/C=C/C=C\CCCOC(C)=O. The molecule has 20 heavy (non-hydrogen) atoms. The molecule has 0 aliphatic rings. The van der Waals surface area contributed by atoms with Crippen LogP contribution in [0, 0.1) is 0 Å². The number of esters is 1. The van der Waals surface area contributed by atoms with Crippen LogP contribution >= 0.6 is 0 Å². The molecule has 0 spiro atoms. The molecule has 116 valence electrons. The lowest BCUT2D eigenvalue weighted by atomic mass is 10.1. The molecule has 0 unspecified atom stereocenters. The molecule has 2 heteroatoms. The molecule has 0 N–H and O–H groups in total. The summed E-state index contributed by atoms with van der Waals surface area (Å²) in [4.78, 5) is 10.5. The molecule has 2 nitrogen and oxygen atoms in total. The summed E-state index contributed by atoms with van der Waals surface area (Å²) in [5, 5.41) is 0. The van der Waals surface area contributed by atoms with Gasteiger partial charge in [-0.2, -0.15) is 0 Å². The Labute approximate surface area is 125 Å². The van der Waals surface area contributed by atoms with E-state index in [9.17, 15) is 4.79 Å². The molecule has 0 aromatic carbocycles. The second-order valence-electron chi connectivity index (χ2n) is 5.25. The third-order valence-electron chi connectivity index (χ3n) is 3.18. The van der Waals surface area contributed by atoms with Crippen LogP contribution in [0.4, 0.5) is 0 Å². The molecule has 0 heterocycles. The van der Waals surface area contributed by atoms with E-state index in [0.717, 1.165) is 12.8 Å². The van der Waals surface area contributed by atoms with Gasteiger partial charge >= 0.3 is 5.97 Å². The Morgan fingerprint density at radius 3 is 2.00 bits per heavy atom. The molecule has 0 bridgehead atoms. The van der Waals surface area contributed by atoms with Crippen molar-refractivity contribution in [2.75, 3.05) is 6.61 Å². The molecule has 0 radical (unpaired) electrons. The molecule has 0 aliphatic carbocycles. The zero-order valence-electron chi connectivity index (χ0n) is 13.4. The largest absolute Gasteiger partial charge is 0.466 e. The van der Waals surface area contributed by atoms with Gasteiger partial charge in [-0.3, -0.25) is 4.79 Å². The second kappa shape index (κ2) is 16.0. The minimum Gasteiger partial charge on any atom is -0.466 e. The third-order valence-corrected chi connectivity index (χ3v) is 3.18. The fourth-order valence-corrected chi connectivity index (χ4v) is 1.99. The van der Waals surface area contributed by atoms with Crippen LogP contribution in [0.5, 0.6) is 0 Å². The van der Waals surface area contributed by atoms with E-state index < -0.39 is 0 Å². The molecule has 0 saturated carbocycles. The minimum absolute atomic E-state index is 0.191. The van der Waals surface area contributed by atoms with Gasteiger partial charge in [-0.15, -0.1) is 0 Å². The first kappa shape index (κ1) is 18.9. The Bertz CT molecular complexity index is 267. The van der Waals surface area contributed by atoms with Crippen LogP contribution in [-0.4, -0.2) is 12.6 Å². The van der Waals surface area contributed by atoms with Crippen LogP contribution < -0.4 is 0 Å². The van der Waals surface area contributed by atoms with Crippen LogP contribution in [0.15, 0.2) is 24.3 Å². The zero-order valence-corrected chi connectivity index (χ0v) is 13.4. The van der Waals surface area contributed by atoms with Gasteiger partial charge in [0.1, 0.15) is 0 Å². The van der Waals surface area contributed by atoms with Gasteiger partial charge in [0.2, 0.25) is 0 Å². The summed E-state index contributed by atoms with van der Waals surface area (Å²) >= 11 is 0. The maximum Gasteiger partial charge on any atom is 0.302 e. The first-order valence-electron chi connectivity index (χ1n) is 8.22. The van der Waals surface area contributed by atoms with Crippen molar-refractivity contribution in [1.82, 2.24) is 0 Å². The quantitative estimate of drug-likeness (QED) is 0.250. The molecular weight excluding hydrogens is 248 g/mol. The molecule has 0 atom stereocenters. The number of ether oxygens (including phenoxy) is 1. The normalized spacial score (nSPS) is 11.5. The van der Waals surface area contributed by atoms with E-state index in [1.165, 1.54) is 58.3 Å². The van der Waals surface area contributed by atoms with Crippen LogP contribution in [-0.2, 0) is 9.53 Å². The van der Waals surface area contributed by atoms with Crippen molar-refractivity contribution < 1.29 is 9.53 Å². The highest BCUT2D eigenvalue weighted by Gasteiger charge is 1.90. The summed E-state index contributed by atoms with van der Waals surface area (Å²) in [7, 11) is 0. The molecule has 0 aromatic rings. The maximum atomic E-state index is 10.5. The highest BCUT2D eigenvalue weighted by atomic mass is 16.5. The van der Waals surface area contributed by atoms with Crippen LogP contribution in [0.25, 0.3) is 0 Å². The monoisotopic (exact) mass is 280 g/mol. The topological polar surface area (TPSA) is 26.3 Å². The lowest BCUT2D eigenvalue weighted by Gasteiger charge is -1.98. The van der Waals surface area contributed by atoms with Gasteiger partial charge in [0.05, 0.1) is 6.61 Å². The lowest BCUT2D eigenvalue weighted by Crippen LogP contribution is -1.99. The van der Waals surface area contributed by atoms with Crippen molar-refractivity contribution in [2.24, 2.45) is 0 Å². The van der Waals surface area contributed by atoms with Gasteiger partial charge in [-0.1, -0.05) is 69.8 Å². The second-order valence-corrected chi connectivity index (χ2v) is 5.25. The summed E-state index contributed by atoms with van der Waals surface area (Å²) in [5.41, 5.74) is 0. The predicted octanol–water partition coefficient (Wildman–Crippen LogP) is 5.58. The Kier molecular flexibility index (Phi) is 15.2. The predicted molar refractivity (Wildman–Crippen MR) is 86.8 cm³/mol. The van der Waals surface area contributed by atoms with Crippen molar-refractivity contribution >= 4 is 5.97 Å². The van der Waals surface area contributed by atoms with Crippen molar-refractivity contribution in [3.8, 4) is 0 Å². The standard InChI is InChI=1S/C18H32O2/c1-3-4-5-6-7-8-9-10-11-12-13-14-15-16-17-20-18(2)19/h11-14H,3-10,15-17H2,1-2H3/b12-11+,14-13-. The number of rotatable bonds is 13. The average molecular weight is 280 g/mol. The van der Waals surface area contributed by atoms with Crippen molar-refractivity contribution in [3.05, 3.63) is 24.3 Å². The number of unbranched alkanes of at least 4 members (excludes halogenated alkanes) is 8. The maximum absolute atomic E-state index is 10.5. The highest BCUT2D eigenvalue weighted by Crippen LogP contribution is 2.08. The fraction of sp³-hybridized carbons (Fsp3) is 0.722. The minimum atomic E-state index is -0.191. The first-order valence-corrected chi connectivity index (χ1v) is 8.22. The van der Waals surface area contributed by atoms with Crippen LogP contribution in [0.2, 0.25) is 0 Å². The van der Waals surface area contributed by atoms with Crippen molar-refractivity contribution in [1.29, 1.82) is 0 Å². The van der Waals surface area contributed by atoms with Crippen LogP contribution in [0.1, 0.15) is 78.1 Å². The van der Waals surface area contributed by atoms with E-state index in [2.05, 4.69) is 31.2 Å². The molecule has 0 fully saturated rings. The summed E-state index contributed by atoms with van der Waals surface area (Å²) in [6, 6.07) is 0. The van der Waals surface area contributed by atoms with Gasteiger partial charge in [-0.25, -0.2) is 0 Å². The lowest BCUT2D eigenvalue weighted by molar-refractivity contribution is -0.141. The van der Waals surface area contributed by atoms with Gasteiger partial charge < -0.3 is 4.74 Å². The van der Waals surface area contributed by atoms with E-state index in [4.69, 9.17) is 4.74 Å². The molecule has 0 aromatic heterocycles. The third kappa shape index (κ3) is 16.9. The smallest absolute Gasteiger partial charge is 0.302 e. The Hall–Kier alpha value is -1.05. The molecule has 0 rings (SSSR count). The van der Waals surface area contributed by atoms with E-state index in [1.807, 2.05) is 0 Å². The Morgan fingerprint density at radius 2 is 1.40 bits per heavy atom. The molecule has 0 aliphatic heterocycles. The van der Waals surface area contributed by atoms with Crippen LogP contribution in [0.3, 0.4) is 0 Å². The number of allylic oxidation sites excluding steroid dienone is 4. The molecule has 0 saturated heterocycles. The summed E-state index contributed by atoms with van der Waals surface area (Å²) < 4.78 is 4.86. The van der Waals surface area contributed by atoms with Crippen molar-refractivity contribution in [2.45, 2.75) is 78.1 Å². The van der Waals surface area contributed by atoms with E-state index in [0.29, 0.717) is 6.61 Å². The number of carbonyl (C=O) groups is 1. The fourth-order valence-electron chi connectivity index (χ4n) is 1.99. The van der Waals surface area contributed by atoms with Gasteiger partial charge in [0.25, 0.3) is 0 Å². The van der Waals surface area contributed by atoms with Crippen molar-refractivity contribution in [3.63, 3.8) is 0 Å². The molecular formula is C18H32O2. The highest BCUT2D eigenvalue weighted by molar-refractivity contribution is 5.65. The average Bonchev–Trinajstić information content (AvgIpc) is 2.43. The summed E-state index contributed by atoms with van der Waals surface area (Å²) in [5.74, 6) is -0.191. The number of hydrogen-bond acceptors (Lipinski definition) is 2. The van der Waals surface area contributed by atoms with E-state index in [-0.39, 0.29) is 5.97 Å². The molecule has 0 amide bonds. The summed E-state index contributed by atoms with van der Waals surface area (Å²) in [6.07, 6.45) is 21.2.